The van der Waals surface area contributed by atoms with E-state index in [1.54, 1.807) is 12.1 Å². The largest absolute Gasteiger partial charge is 0.439 e. The lowest BCUT2D eigenvalue weighted by Gasteiger charge is -2.22. The molecule has 0 saturated carbocycles. The molecule has 3 aromatic heterocycles. The van der Waals surface area contributed by atoms with Crippen LogP contribution in [0.4, 0.5) is 0 Å². The molecule has 50 heavy (non-hydrogen) atoms. The number of nitrogens with one attached hydrogen (secondary N) is 2. The summed E-state index contributed by atoms with van der Waals surface area (Å²) in [6.45, 7) is 2.86. The smallest absolute Gasteiger partial charge is 0.321 e. The minimum Gasteiger partial charge on any atom is -0.439 e. The number of methoxy groups -OCH3 is 2. The van der Waals surface area contributed by atoms with E-state index in [-0.39, 0.29) is 0 Å². The van der Waals surface area contributed by atoms with Crippen molar-refractivity contribution < 1.29 is 29.2 Å². The number of halogens is 2. The molecule has 0 radical (unpaired) electrons. The van der Waals surface area contributed by atoms with Crippen molar-refractivity contribution in [2.45, 2.75) is 25.8 Å². The van der Waals surface area contributed by atoms with Crippen LogP contribution in [0.2, 0.25) is 0 Å². The number of aromatic nitrogens is 4. The van der Waals surface area contributed by atoms with Gasteiger partial charge in [-0.1, -0.05) is 24.3 Å². The summed E-state index contributed by atoms with van der Waals surface area (Å²) in [5.41, 5.74) is 9.41. The quantitative estimate of drug-likeness (QED) is 0.112. The van der Waals surface area contributed by atoms with Crippen LogP contribution in [0, 0.1) is 0 Å². The van der Waals surface area contributed by atoms with E-state index in [0.717, 1.165) is 76.0 Å². The number of rotatable bonds is 8. The zero-order valence-corrected chi connectivity index (χ0v) is 30.6. The van der Waals surface area contributed by atoms with Gasteiger partial charge in [-0.2, -0.15) is 0 Å². The lowest BCUT2D eigenvalue weighted by atomic mass is 10.0. The molecule has 8 bridgehead atoms. The minimum absolute atomic E-state index is 0.425. The molecule has 2 aromatic carbocycles. The van der Waals surface area contributed by atoms with Crippen molar-refractivity contribution in [3.05, 3.63) is 105 Å². The highest BCUT2D eigenvalue weighted by Crippen LogP contribution is 2.38. The fourth-order valence-corrected chi connectivity index (χ4v) is 6.60. The first-order valence-electron chi connectivity index (χ1n) is 15.5. The van der Waals surface area contributed by atoms with Gasteiger partial charge in [-0.05, 0) is 116 Å². The first kappa shape index (κ1) is 33.9. The van der Waals surface area contributed by atoms with Crippen molar-refractivity contribution in [2.24, 2.45) is 0 Å². The van der Waals surface area contributed by atoms with Crippen LogP contribution in [0.15, 0.2) is 81.7 Å². The maximum absolute atomic E-state index is 10.4. The van der Waals surface area contributed by atoms with Crippen molar-refractivity contribution >= 4 is 78.2 Å². The van der Waals surface area contributed by atoms with Crippen LogP contribution < -0.4 is 9.47 Å². The summed E-state index contributed by atoms with van der Waals surface area (Å²) in [6.07, 6.45) is 7.85. The standard InChI is InChI=1S/C38H32Br2N4O6/c1-37(45,47-3)49-23-9-5-7-21(19-23)33-25-11-15-29(41-25)35(39)31-17-13-27(43-31)34(22-8-6-10-24(20-22)50-38(2,46)48-4)28-14-18-32(44-28)36(40)30-16-12-26(33)42-30/h5-20,41,44-46H,1-4H3. The van der Waals surface area contributed by atoms with Crippen molar-refractivity contribution in [1.82, 2.24) is 19.9 Å². The Morgan fingerprint density at radius 1 is 0.560 bits per heavy atom. The fourth-order valence-electron chi connectivity index (χ4n) is 5.69. The molecule has 0 saturated heterocycles. The van der Waals surface area contributed by atoms with Gasteiger partial charge in [-0.3, -0.25) is 0 Å². The van der Waals surface area contributed by atoms with Crippen LogP contribution in [0.25, 0.3) is 68.6 Å². The molecule has 5 heterocycles. The molecule has 12 heteroatoms. The molecule has 254 valence electrons. The van der Waals surface area contributed by atoms with E-state index in [1.165, 1.54) is 28.1 Å². The molecule has 10 nitrogen and oxygen atoms in total. The zero-order chi connectivity index (χ0) is 35.2. The van der Waals surface area contributed by atoms with Gasteiger partial charge in [0.05, 0.1) is 42.8 Å². The molecule has 0 amide bonds. The highest BCUT2D eigenvalue weighted by Gasteiger charge is 2.23. The van der Waals surface area contributed by atoms with Gasteiger partial charge in [0.1, 0.15) is 11.5 Å². The third-order valence-electron chi connectivity index (χ3n) is 8.24. The van der Waals surface area contributed by atoms with Crippen LogP contribution in [0.5, 0.6) is 11.5 Å². The van der Waals surface area contributed by atoms with E-state index in [4.69, 9.17) is 28.9 Å². The number of benzene rings is 2. The van der Waals surface area contributed by atoms with E-state index in [1.807, 2.05) is 85.0 Å². The molecule has 0 fully saturated rings. The van der Waals surface area contributed by atoms with Crippen LogP contribution in [0.3, 0.4) is 0 Å². The van der Waals surface area contributed by atoms with Gasteiger partial charge in [0.25, 0.3) is 0 Å². The van der Waals surface area contributed by atoms with E-state index >= 15 is 0 Å². The predicted octanol–water partition coefficient (Wildman–Crippen LogP) is 8.90. The molecular formula is C38H32Br2N4O6. The Balaban J connectivity index is 1.49. The van der Waals surface area contributed by atoms with Gasteiger partial charge in [-0.25, -0.2) is 9.97 Å². The average molecular weight is 801 g/mol. The SMILES string of the molecule is COC(C)(O)Oc1cccc(-c2c3nc(c(Br)c4ccc([nH]4)c(-c4cccc(OC(C)(O)OC)c4)c4nc(c(Br)c5ccc2[nH]5)C=C4)C=C3)c1. The van der Waals surface area contributed by atoms with Gasteiger partial charge in [0.2, 0.25) is 0 Å². The molecule has 0 aliphatic carbocycles. The fraction of sp³-hybridized carbons (Fsp3) is 0.158. The Morgan fingerprint density at radius 2 is 0.940 bits per heavy atom. The topological polar surface area (TPSA) is 135 Å². The third-order valence-corrected chi connectivity index (χ3v) is 9.91. The Morgan fingerprint density at radius 3 is 1.34 bits per heavy atom. The average Bonchev–Trinajstić information content (AvgIpc) is 3.93. The van der Waals surface area contributed by atoms with Gasteiger partial charge < -0.3 is 39.1 Å². The Kier molecular flexibility index (Phi) is 9.01. The molecule has 0 spiro atoms. The maximum atomic E-state index is 10.4. The molecule has 2 unspecified atom stereocenters. The van der Waals surface area contributed by atoms with Gasteiger partial charge in [0, 0.05) is 50.2 Å². The van der Waals surface area contributed by atoms with E-state index in [9.17, 15) is 10.2 Å². The van der Waals surface area contributed by atoms with Crippen molar-refractivity contribution in [3.63, 3.8) is 0 Å². The van der Waals surface area contributed by atoms with Crippen LogP contribution in [-0.2, 0) is 9.47 Å². The maximum Gasteiger partial charge on any atom is 0.321 e. The molecule has 4 N–H and O–H groups in total. The summed E-state index contributed by atoms with van der Waals surface area (Å²) in [5, 5.41) is 20.8. The molecule has 5 aromatic rings. The molecule has 2 aliphatic rings. The number of aromatic amines is 2. The lowest BCUT2D eigenvalue weighted by molar-refractivity contribution is -0.294. The van der Waals surface area contributed by atoms with Crippen LogP contribution in [0.1, 0.15) is 36.6 Å². The molecule has 2 atom stereocenters. The Hall–Kier alpha value is -4.56. The van der Waals surface area contributed by atoms with Gasteiger partial charge in [-0.15, -0.1) is 0 Å². The van der Waals surface area contributed by atoms with Crippen molar-refractivity contribution in [2.75, 3.05) is 14.2 Å². The van der Waals surface area contributed by atoms with Gasteiger partial charge in [0.15, 0.2) is 0 Å². The Labute approximate surface area is 304 Å². The van der Waals surface area contributed by atoms with Crippen molar-refractivity contribution in [1.29, 1.82) is 0 Å². The normalized spacial score (nSPS) is 14.7. The molecular weight excluding hydrogens is 768 g/mol. The second-order valence-corrected chi connectivity index (χ2v) is 13.4. The highest BCUT2D eigenvalue weighted by molar-refractivity contribution is 9.11. The number of hydrogen-bond acceptors (Lipinski definition) is 8. The van der Waals surface area contributed by atoms with E-state index in [2.05, 4.69) is 41.8 Å². The zero-order valence-electron chi connectivity index (χ0n) is 27.4. The molecule has 2 aliphatic heterocycles. The number of H-pyrrole nitrogens is 2. The highest BCUT2D eigenvalue weighted by atomic mass is 79.9. The Bertz CT molecular complexity index is 2190. The number of nitrogens with zero attached hydrogens (tertiary/aromatic N) is 2. The summed E-state index contributed by atoms with van der Waals surface area (Å²) >= 11 is 7.62. The lowest BCUT2D eigenvalue weighted by Crippen LogP contribution is -2.33. The molecule has 7 rings (SSSR count). The minimum atomic E-state index is -1.80. The number of ether oxygens (including phenoxy) is 4. The summed E-state index contributed by atoms with van der Waals surface area (Å²) < 4.78 is 23.1. The predicted molar refractivity (Wildman–Crippen MR) is 202 cm³/mol. The summed E-state index contributed by atoms with van der Waals surface area (Å²) in [6, 6.07) is 22.8. The first-order valence-corrected chi connectivity index (χ1v) is 17.1. The second-order valence-electron chi connectivity index (χ2n) is 11.8. The summed E-state index contributed by atoms with van der Waals surface area (Å²) in [7, 11) is 2.75. The van der Waals surface area contributed by atoms with E-state index in [0.29, 0.717) is 11.5 Å². The van der Waals surface area contributed by atoms with Crippen molar-refractivity contribution in [3.8, 4) is 33.8 Å². The van der Waals surface area contributed by atoms with E-state index < -0.39 is 11.9 Å². The summed E-state index contributed by atoms with van der Waals surface area (Å²) in [5.74, 6) is -2.75. The number of hydrogen-bond donors (Lipinski definition) is 4. The second kappa shape index (κ2) is 13.3. The summed E-state index contributed by atoms with van der Waals surface area (Å²) in [4.78, 5) is 17.2. The number of fused-ring (bicyclic) bond motifs is 8. The van der Waals surface area contributed by atoms with Crippen LogP contribution in [-0.4, -0.2) is 56.3 Å². The third kappa shape index (κ3) is 6.78. The number of aliphatic hydroxyl groups is 2. The first-order chi connectivity index (χ1) is 23.9. The van der Waals surface area contributed by atoms with Gasteiger partial charge >= 0.3 is 11.9 Å². The monoisotopic (exact) mass is 798 g/mol. The van der Waals surface area contributed by atoms with Crippen LogP contribution >= 0.6 is 31.9 Å².